The Bertz CT molecular complexity index is 776. The van der Waals surface area contributed by atoms with Gasteiger partial charge in [-0.25, -0.2) is 4.79 Å². The molecule has 34 heavy (non-hydrogen) atoms. The van der Waals surface area contributed by atoms with Gasteiger partial charge in [0.05, 0.1) is 12.1 Å². The summed E-state index contributed by atoms with van der Waals surface area (Å²) < 4.78 is 5.29. The molecule has 0 spiro atoms. The summed E-state index contributed by atoms with van der Waals surface area (Å²) in [5.74, 6) is -0.476. The minimum atomic E-state index is -0.747. The molecule has 190 valence electrons. The van der Waals surface area contributed by atoms with Crippen molar-refractivity contribution in [3.63, 3.8) is 0 Å². The number of Topliss-reactive ketones (excluding diaryl/α,β-unsaturated/α-hetero) is 1. The van der Waals surface area contributed by atoms with Gasteiger partial charge in [-0.2, -0.15) is 0 Å². The molecule has 0 aliphatic heterocycles. The van der Waals surface area contributed by atoms with Crippen molar-refractivity contribution in [3.8, 4) is 0 Å². The van der Waals surface area contributed by atoms with Crippen LogP contribution in [0.15, 0.2) is 30.3 Å². The Hall–Kier alpha value is -2.70. The standard InChI is InChI=1S/C27H42N2O5/c1-18(2)12-22(26(32)28-23(16-30)13-19(3)4)15-25(31)24(14-20(5)6)29-27(33)34-17-21-10-8-7-9-11-21/h7-11,16,18-20,22-24H,12-15,17H2,1-6H3,(H,28,32)(H,29,33)/t22?,23-,24-/m0/s1. The molecule has 1 aromatic carbocycles. The second-order valence-corrected chi connectivity index (χ2v) is 10.3. The minimum absolute atomic E-state index is 0.00633. The molecule has 0 aliphatic carbocycles. The summed E-state index contributed by atoms with van der Waals surface area (Å²) in [4.78, 5) is 50.0. The largest absolute Gasteiger partial charge is 0.445 e. The normalized spacial score (nSPS) is 13.9. The highest BCUT2D eigenvalue weighted by atomic mass is 16.5. The summed E-state index contributed by atoms with van der Waals surface area (Å²) in [6, 6.07) is 7.98. The van der Waals surface area contributed by atoms with E-state index in [-0.39, 0.29) is 42.5 Å². The number of ether oxygens (including phenoxy) is 1. The van der Waals surface area contributed by atoms with Gasteiger partial charge in [0, 0.05) is 12.3 Å². The molecule has 1 unspecified atom stereocenters. The molecule has 2 amide bonds. The van der Waals surface area contributed by atoms with Gasteiger partial charge in [0.25, 0.3) is 0 Å². The summed E-state index contributed by atoms with van der Waals surface area (Å²) in [5, 5.41) is 5.49. The first kappa shape index (κ1) is 29.3. The average molecular weight is 475 g/mol. The molecule has 7 nitrogen and oxygen atoms in total. The molecular formula is C27H42N2O5. The van der Waals surface area contributed by atoms with Crippen LogP contribution in [-0.4, -0.2) is 36.2 Å². The van der Waals surface area contributed by atoms with Gasteiger partial charge in [-0.1, -0.05) is 71.9 Å². The molecule has 0 aromatic heterocycles. The molecule has 1 aromatic rings. The fraction of sp³-hybridized carbons (Fsp3) is 0.630. The maximum atomic E-state index is 13.2. The highest BCUT2D eigenvalue weighted by Gasteiger charge is 2.30. The maximum Gasteiger partial charge on any atom is 0.408 e. The molecule has 2 N–H and O–H groups in total. The summed E-state index contributed by atoms with van der Waals surface area (Å²) in [6.07, 6.45) is 1.58. The number of aldehydes is 1. The molecule has 1 rings (SSSR count). The van der Waals surface area contributed by atoms with Crippen LogP contribution in [0, 0.1) is 23.7 Å². The molecule has 0 fully saturated rings. The average Bonchev–Trinajstić information content (AvgIpc) is 2.76. The van der Waals surface area contributed by atoms with E-state index in [2.05, 4.69) is 10.6 Å². The molecule has 0 radical (unpaired) electrons. The predicted molar refractivity (Wildman–Crippen MR) is 133 cm³/mol. The number of carbonyl (C=O) groups is 4. The summed E-state index contributed by atoms with van der Waals surface area (Å²) in [7, 11) is 0. The predicted octanol–water partition coefficient (Wildman–Crippen LogP) is 4.68. The topological polar surface area (TPSA) is 102 Å². The number of nitrogens with one attached hydrogen (secondary N) is 2. The van der Waals surface area contributed by atoms with Gasteiger partial charge in [-0.3, -0.25) is 9.59 Å². The number of amides is 2. The van der Waals surface area contributed by atoms with E-state index >= 15 is 0 Å². The number of alkyl carbamates (subject to hydrolysis) is 1. The van der Waals surface area contributed by atoms with Crippen molar-refractivity contribution in [2.24, 2.45) is 23.7 Å². The second-order valence-electron chi connectivity index (χ2n) is 10.3. The van der Waals surface area contributed by atoms with Crippen molar-refractivity contribution in [3.05, 3.63) is 35.9 Å². The van der Waals surface area contributed by atoms with Crippen LogP contribution in [-0.2, 0) is 25.7 Å². The molecule has 0 saturated carbocycles. The Morgan fingerprint density at radius 1 is 0.853 bits per heavy atom. The summed E-state index contributed by atoms with van der Waals surface area (Å²) >= 11 is 0. The SMILES string of the molecule is CC(C)CC(CC(=O)[C@H](CC(C)C)NC(=O)OCc1ccccc1)C(=O)N[C@H](C=O)CC(C)C. The van der Waals surface area contributed by atoms with Gasteiger partial charge in [-0.15, -0.1) is 0 Å². The van der Waals surface area contributed by atoms with E-state index in [1.54, 1.807) is 0 Å². The van der Waals surface area contributed by atoms with Gasteiger partial charge in [0.1, 0.15) is 12.9 Å². The van der Waals surface area contributed by atoms with Crippen LogP contribution >= 0.6 is 0 Å². The van der Waals surface area contributed by atoms with Crippen molar-refractivity contribution < 1.29 is 23.9 Å². The number of carbonyl (C=O) groups excluding carboxylic acids is 4. The lowest BCUT2D eigenvalue weighted by Crippen LogP contribution is -2.45. The van der Waals surface area contributed by atoms with Crippen molar-refractivity contribution in [1.82, 2.24) is 10.6 Å². The van der Waals surface area contributed by atoms with Crippen LogP contribution in [0.2, 0.25) is 0 Å². The lowest BCUT2D eigenvalue weighted by atomic mass is 9.87. The van der Waals surface area contributed by atoms with Crippen molar-refractivity contribution in [1.29, 1.82) is 0 Å². The number of benzene rings is 1. The first-order chi connectivity index (χ1) is 16.0. The van der Waals surface area contributed by atoms with Crippen LogP contribution in [0.25, 0.3) is 0 Å². The number of hydrogen-bond donors (Lipinski definition) is 2. The van der Waals surface area contributed by atoms with E-state index in [9.17, 15) is 19.2 Å². The zero-order valence-corrected chi connectivity index (χ0v) is 21.5. The highest BCUT2D eigenvalue weighted by molar-refractivity contribution is 5.92. The Kier molecular flexibility index (Phi) is 13.2. The van der Waals surface area contributed by atoms with Gasteiger partial charge < -0.3 is 20.2 Å². The lowest BCUT2D eigenvalue weighted by molar-refractivity contribution is -0.132. The molecule has 7 heteroatoms. The van der Waals surface area contributed by atoms with Crippen LogP contribution in [0.3, 0.4) is 0 Å². The quantitative estimate of drug-likeness (QED) is 0.360. The maximum absolute atomic E-state index is 13.2. The molecule has 0 aliphatic rings. The number of rotatable bonds is 15. The van der Waals surface area contributed by atoms with Gasteiger partial charge in [-0.05, 0) is 42.6 Å². The molecule has 0 heterocycles. The van der Waals surface area contributed by atoms with E-state index in [0.29, 0.717) is 19.3 Å². The molecule has 0 saturated heterocycles. The zero-order valence-electron chi connectivity index (χ0n) is 21.5. The smallest absolute Gasteiger partial charge is 0.408 e. The Morgan fingerprint density at radius 2 is 1.44 bits per heavy atom. The van der Waals surface area contributed by atoms with Gasteiger partial charge >= 0.3 is 6.09 Å². The second kappa shape index (κ2) is 15.3. The fourth-order valence-electron chi connectivity index (χ4n) is 3.84. The molecule has 0 bridgehead atoms. The first-order valence-corrected chi connectivity index (χ1v) is 12.3. The Balaban J connectivity index is 2.84. The molecule has 3 atom stereocenters. The van der Waals surface area contributed by atoms with Gasteiger partial charge in [0.15, 0.2) is 5.78 Å². The summed E-state index contributed by atoms with van der Waals surface area (Å²) in [5.41, 5.74) is 0.851. The van der Waals surface area contributed by atoms with Crippen LogP contribution < -0.4 is 10.6 Å². The van der Waals surface area contributed by atoms with E-state index in [1.165, 1.54) is 0 Å². The number of ketones is 1. The van der Waals surface area contributed by atoms with Crippen LogP contribution in [0.1, 0.15) is 72.8 Å². The number of hydrogen-bond acceptors (Lipinski definition) is 5. The van der Waals surface area contributed by atoms with E-state index in [0.717, 1.165) is 11.8 Å². The highest BCUT2D eigenvalue weighted by Crippen LogP contribution is 2.20. The Labute approximate surface area is 204 Å². The summed E-state index contributed by atoms with van der Waals surface area (Å²) in [6.45, 7) is 12.0. The minimum Gasteiger partial charge on any atom is -0.445 e. The third-order valence-corrected chi connectivity index (χ3v) is 5.39. The first-order valence-electron chi connectivity index (χ1n) is 12.3. The fourth-order valence-corrected chi connectivity index (χ4v) is 3.84. The van der Waals surface area contributed by atoms with Crippen molar-refractivity contribution >= 4 is 24.1 Å². The monoisotopic (exact) mass is 474 g/mol. The van der Waals surface area contributed by atoms with Crippen molar-refractivity contribution in [2.45, 2.75) is 85.9 Å². The third kappa shape index (κ3) is 12.0. The Morgan fingerprint density at radius 3 is 1.97 bits per heavy atom. The van der Waals surface area contributed by atoms with Crippen LogP contribution in [0.5, 0.6) is 0 Å². The van der Waals surface area contributed by atoms with Gasteiger partial charge in [0.2, 0.25) is 5.91 Å². The van der Waals surface area contributed by atoms with E-state index < -0.39 is 24.1 Å². The van der Waals surface area contributed by atoms with Crippen molar-refractivity contribution in [2.75, 3.05) is 0 Å². The van der Waals surface area contributed by atoms with E-state index in [1.807, 2.05) is 71.9 Å². The lowest BCUT2D eigenvalue weighted by Gasteiger charge is -2.24. The zero-order chi connectivity index (χ0) is 25.7. The van der Waals surface area contributed by atoms with Crippen LogP contribution in [0.4, 0.5) is 4.79 Å². The third-order valence-electron chi connectivity index (χ3n) is 5.39. The molecular weight excluding hydrogens is 432 g/mol. The van der Waals surface area contributed by atoms with E-state index in [4.69, 9.17) is 4.74 Å².